The molecule has 1 aliphatic heterocycles. The number of aliphatic carboxylic acids is 1. The van der Waals surface area contributed by atoms with Gasteiger partial charge in [0.1, 0.15) is 11.9 Å². The van der Waals surface area contributed by atoms with Gasteiger partial charge < -0.3 is 9.84 Å². The summed E-state index contributed by atoms with van der Waals surface area (Å²) in [5, 5.41) is 8.92. The number of carbonyl (C=O) groups is 1. The monoisotopic (exact) mass is 368 g/mol. The molecule has 1 aromatic carbocycles. The maximum absolute atomic E-state index is 12.6. The Bertz CT molecular complexity index is 758. The van der Waals surface area contributed by atoms with E-state index in [-0.39, 0.29) is 29.6 Å². The topological polar surface area (TPSA) is 95.9 Å². The highest BCUT2D eigenvalue weighted by atomic mass is 32.2. The minimum atomic E-state index is -3.58. The lowest BCUT2D eigenvalue weighted by Crippen LogP contribution is -2.54. The number of ether oxygens (including phenoxy) is 1. The van der Waals surface area contributed by atoms with Crippen molar-refractivity contribution in [3.05, 3.63) is 23.8 Å². The fraction of sp³-hybridized carbons (Fsp3) is 0.588. The van der Waals surface area contributed by atoms with Crippen molar-refractivity contribution < 1.29 is 23.1 Å². The van der Waals surface area contributed by atoms with E-state index in [1.54, 1.807) is 18.2 Å². The third-order valence-electron chi connectivity index (χ3n) is 4.87. The number of hydrogen-bond donors (Lipinski definition) is 2. The largest absolute Gasteiger partial charge is 0.490 e. The molecule has 1 unspecified atom stereocenters. The molecular weight excluding hydrogens is 344 g/mol. The number of nitrogens with zero attached hydrogens (tertiary/aromatic N) is 1. The molecule has 0 saturated heterocycles. The van der Waals surface area contributed by atoms with Crippen LogP contribution < -0.4 is 9.46 Å². The van der Waals surface area contributed by atoms with Crippen molar-refractivity contribution in [2.24, 2.45) is 0 Å². The van der Waals surface area contributed by atoms with Crippen molar-refractivity contribution in [2.75, 3.05) is 13.1 Å². The van der Waals surface area contributed by atoms with Gasteiger partial charge in [-0.15, -0.1) is 0 Å². The van der Waals surface area contributed by atoms with Crippen LogP contribution in [0.4, 0.5) is 0 Å². The molecule has 2 aliphatic rings. The van der Waals surface area contributed by atoms with Gasteiger partial charge in [0, 0.05) is 18.5 Å². The average molecular weight is 368 g/mol. The van der Waals surface area contributed by atoms with Crippen molar-refractivity contribution in [3.63, 3.8) is 0 Å². The highest BCUT2D eigenvalue weighted by molar-refractivity contribution is 7.89. The highest BCUT2D eigenvalue weighted by Gasteiger charge is 2.36. The van der Waals surface area contributed by atoms with E-state index in [1.807, 2.05) is 18.7 Å². The summed E-state index contributed by atoms with van der Waals surface area (Å²) in [6.07, 6.45) is 2.05. The summed E-state index contributed by atoms with van der Waals surface area (Å²) >= 11 is 0. The van der Waals surface area contributed by atoms with E-state index in [9.17, 15) is 13.2 Å². The number of likely N-dealkylation sites (N-methyl/N-ethyl adjacent to an activating group) is 1. The second kappa shape index (κ2) is 6.93. The van der Waals surface area contributed by atoms with Crippen molar-refractivity contribution in [1.82, 2.24) is 9.62 Å². The second-order valence-electron chi connectivity index (χ2n) is 6.80. The summed E-state index contributed by atoms with van der Waals surface area (Å²) in [5.74, 6) is -0.108. The number of sulfonamides is 1. The standard InChI is InChI=1S/C17H24N2O5S/c1-3-19(10-17(20)21)14-8-13(9-14)18-25(22,23)15-4-5-16-12(7-15)6-11(2)24-16/h4-5,7,11,13-14,18H,3,6,8-10H2,1-2H3,(H,20,21). The van der Waals surface area contributed by atoms with E-state index in [2.05, 4.69) is 4.72 Å². The Balaban J connectivity index is 1.60. The average Bonchev–Trinajstić information content (AvgIpc) is 2.87. The fourth-order valence-corrected chi connectivity index (χ4v) is 4.82. The van der Waals surface area contributed by atoms with E-state index in [0.717, 1.165) is 11.3 Å². The molecule has 7 nitrogen and oxygen atoms in total. The summed E-state index contributed by atoms with van der Waals surface area (Å²) in [6.45, 7) is 4.49. The first-order valence-electron chi connectivity index (χ1n) is 8.56. The van der Waals surface area contributed by atoms with E-state index < -0.39 is 16.0 Å². The smallest absolute Gasteiger partial charge is 0.317 e. The van der Waals surface area contributed by atoms with Crippen LogP contribution in [0.3, 0.4) is 0 Å². The number of rotatable bonds is 7. The first-order chi connectivity index (χ1) is 11.8. The number of nitrogens with one attached hydrogen (secondary N) is 1. The molecule has 1 atom stereocenters. The number of carboxylic acid groups (broad SMARTS) is 1. The highest BCUT2D eigenvalue weighted by Crippen LogP contribution is 2.32. The second-order valence-corrected chi connectivity index (χ2v) is 8.52. The Hall–Kier alpha value is -1.64. The zero-order valence-electron chi connectivity index (χ0n) is 14.4. The van der Waals surface area contributed by atoms with E-state index in [4.69, 9.17) is 9.84 Å². The summed E-state index contributed by atoms with van der Waals surface area (Å²) in [5.41, 5.74) is 0.917. The summed E-state index contributed by atoms with van der Waals surface area (Å²) < 4.78 is 33.5. The number of benzene rings is 1. The molecule has 8 heteroatoms. The molecule has 0 spiro atoms. The normalized spacial score (nSPS) is 25.3. The molecule has 1 aromatic rings. The van der Waals surface area contributed by atoms with E-state index in [1.165, 1.54) is 0 Å². The molecule has 0 aromatic heterocycles. The summed E-state index contributed by atoms with van der Waals surface area (Å²) in [6, 6.07) is 4.92. The van der Waals surface area contributed by atoms with Crippen LogP contribution >= 0.6 is 0 Å². The Morgan fingerprint density at radius 2 is 2.12 bits per heavy atom. The van der Waals surface area contributed by atoms with Gasteiger partial charge in [-0.25, -0.2) is 13.1 Å². The molecule has 1 fully saturated rings. The Morgan fingerprint density at radius 1 is 1.40 bits per heavy atom. The quantitative estimate of drug-likeness (QED) is 0.751. The number of fused-ring (bicyclic) bond motifs is 1. The van der Waals surface area contributed by atoms with Crippen LogP contribution in [0.25, 0.3) is 0 Å². The minimum absolute atomic E-state index is 0.0103. The van der Waals surface area contributed by atoms with Gasteiger partial charge in [0.25, 0.3) is 0 Å². The third kappa shape index (κ3) is 3.96. The van der Waals surface area contributed by atoms with Crippen LogP contribution in [-0.2, 0) is 21.2 Å². The van der Waals surface area contributed by atoms with Gasteiger partial charge in [-0.3, -0.25) is 9.69 Å². The minimum Gasteiger partial charge on any atom is -0.490 e. The maximum atomic E-state index is 12.6. The van der Waals surface area contributed by atoms with Crippen molar-refractivity contribution in [2.45, 2.75) is 56.2 Å². The SMILES string of the molecule is CCN(CC(=O)O)C1CC(NS(=O)(=O)c2ccc3c(c2)CC(C)O3)C1. The van der Waals surface area contributed by atoms with Gasteiger partial charge in [-0.1, -0.05) is 6.92 Å². The van der Waals surface area contributed by atoms with Crippen LogP contribution in [-0.4, -0.2) is 55.7 Å². The van der Waals surface area contributed by atoms with Crippen LogP contribution in [0.15, 0.2) is 23.1 Å². The van der Waals surface area contributed by atoms with E-state index >= 15 is 0 Å². The predicted molar refractivity (Wildman–Crippen MR) is 92.3 cm³/mol. The van der Waals surface area contributed by atoms with Crippen LogP contribution in [0.5, 0.6) is 5.75 Å². The van der Waals surface area contributed by atoms with Gasteiger partial charge in [0.05, 0.1) is 11.4 Å². The molecule has 0 radical (unpaired) electrons. The van der Waals surface area contributed by atoms with Gasteiger partial charge in [-0.05, 0) is 50.1 Å². The van der Waals surface area contributed by atoms with Crippen LogP contribution in [0.1, 0.15) is 32.3 Å². The Labute approximate surface area is 148 Å². The number of hydrogen-bond acceptors (Lipinski definition) is 5. The van der Waals surface area contributed by atoms with Crippen molar-refractivity contribution in [1.29, 1.82) is 0 Å². The van der Waals surface area contributed by atoms with Crippen molar-refractivity contribution in [3.8, 4) is 5.75 Å². The molecule has 0 bridgehead atoms. The molecular formula is C17H24N2O5S. The lowest BCUT2D eigenvalue weighted by molar-refractivity contribution is -0.139. The zero-order valence-corrected chi connectivity index (χ0v) is 15.3. The molecule has 2 N–H and O–H groups in total. The van der Waals surface area contributed by atoms with Crippen LogP contribution in [0.2, 0.25) is 0 Å². The van der Waals surface area contributed by atoms with Crippen molar-refractivity contribution >= 4 is 16.0 Å². The number of carboxylic acids is 1. The maximum Gasteiger partial charge on any atom is 0.317 e. The molecule has 25 heavy (non-hydrogen) atoms. The molecule has 3 rings (SSSR count). The van der Waals surface area contributed by atoms with Gasteiger partial charge in [0.2, 0.25) is 10.0 Å². The first-order valence-corrected chi connectivity index (χ1v) is 10.0. The zero-order chi connectivity index (χ0) is 18.2. The molecule has 1 heterocycles. The molecule has 138 valence electrons. The van der Waals surface area contributed by atoms with Gasteiger partial charge in [0.15, 0.2) is 0 Å². The van der Waals surface area contributed by atoms with Crippen LogP contribution in [0, 0.1) is 0 Å². The summed E-state index contributed by atoms with van der Waals surface area (Å²) in [4.78, 5) is 13.0. The Morgan fingerprint density at radius 3 is 2.76 bits per heavy atom. The molecule has 0 amide bonds. The van der Waals surface area contributed by atoms with Gasteiger partial charge >= 0.3 is 5.97 Å². The fourth-order valence-electron chi connectivity index (χ4n) is 3.51. The van der Waals surface area contributed by atoms with Gasteiger partial charge in [-0.2, -0.15) is 0 Å². The molecule has 1 aliphatic carbocycles. The third-order valence-corrected chi connectivity index (χ3v) is 6.39. The first kappa shape index (κ1) is 18.2. The predicted octanol–water partition coefficient (Wildman–Crippen LogP) is 1.23. The lowest BCUT2D eigenvalue weighted by atomic mass is 9.86. The lowest BCUT2D eigenvalue weighted by Gasteiger charge is -2.42. The Kier molecular flexibility index (Phi) is 5.04. The van der Waals surface area contributed by atoms with E-state index in [0.29, 0.717) is 25.8 Å². The molecule has 1 saturated carbocycles. The summed E-state index contributed by atoms with van der Waals surface area (Å²) in [7, 11) is -3.58.